The van der Waals surface area contributed by atoms with Gasteiger partial charge in [0.25, 0.3) is 16.0 Å². The molecule has 132 valence electrons. The monoisotopic (exact) mass is 357 g/mol. The third-order valence-electron chi connectivity index (χ3n) is 2.68. The molecule has 1 aliphatic rings. The molecule has 1 amide bonds. The highest BCUT2D eigenvalue weighted by molar-refractivity contribution is 7.85. The number of fused-ring (bicyclic) bond motifs is 1. The summed E-state index contributed by atoms with van der Waals surface area (Å²) in [4.78, 5) is 15.4. The van der Waals surface area contributed by atoms with E-state index in [4.69, 9.17) is 25.5 Å². The maximum absolute atomic E-state index is 11.8. The first-order valence-electron chi connectivity index (χ1n) is 6.68. The standard InChI is InChI=1S/C13H15N3O3.CH4O3S/c1-18-10-4-2-3-8-7-9(5-6-19-11(8)10)12(17)16-13(14)15;1-5(2,3)4/h2-4,7H,5-6H2,1H3,(H4,14,15,16,17);1H3,(H,2,3,4). The number of methoxy groups -OCH3 is 1. The van der Waals surface area contributed by atoms with Crippen molar-refractivity contribution in [3.63, 3.8) is 0 Å². The molecule has 10 heteroatoms. The number of hydrogen-bond acceptors (Lipinski definition) is 5. The van der Waals surface area contributed by atoms with E-state index in [1.807, 2.05) is 12.1 Å². The number of aliphatic imine (C=N–C) groups is 1. The number of para-hydroxylation sites is 1. The van der Waals surface area contributed by atoms with Gasteiger partial charge in [0.15, 0.2) is 17.5 Å². The number of ether oxygens (including phenoxy) is 2. The zero-order chi connectivity index (χ0) is 18.3. The smallest absolute Gasteiger partial charge is 0.276 e. The summed E-state index contributed by atoms with van der Waals surface area (Å²) < 4.78 is 36.7. The number of hydrogen-bond donors (Lipinski definition) is 3. The molecular weight excluding hydrogens is 338 g/mol. The lowest BCUT2D eigenvalue weighted by Crippen LogP contribution is -2.24. The minimum Gasteiger partial charge on any atom is -0.493 e. The molecule has 0 saturated carbocycles. The summed E-state index contributed by atoms with van der Waals surface area (Å²) >= 11 is 0. The van der Waals surface area contributed by atoms with E-state index >= 15 is 0 Å². The minimum absolute atomic E-state index is 0.248. The molecule has 1 aromatic carbocycles. The lowest BCUT2D eigenvalue weighted by atomic mass is 10.1. The first kappa shape index (κ1) is 19.5. The molecule has 0 aliphatic carbocycles. The first-order chi connectivity index (χ1) is 11.1. The van der Waals surface area contributed by atoms with Crippen molar-refractivity contribution in [3.8, 4) is 11.5 Å². The Kier molecular flexibility index (Phi) is 6.74. The van der Waals surface area contributed by atoms with Crippen LogP contribution in [0.1, 0.15) is 12.0 Å². The van der Waals surface area contributed by atoms with Gasteiger partial charge in [-0.2, -0.15) is 13.4 Å². The predicted molar refractivity (Wildman–Crippen MR) is 89.4 cm³/mol. The number of carbonyl (C=O) groups is 1. The molecule has 2 rings (SSSR count). The van der Waals surface area contributed by atoms with Crippen LogP contribution in [0, 0.1) is 0 Å². The highest BCUT2D eigenvalue weighted by atomic mass is 32.2. The Hall–Kier alpha value is -2.59. The normalized spacial score (nSPS) is 13.0. The van der Waals surface area contributed by atoms with Gasteiger partial charge < -0.3 is 20.9 Å². The summed E-state index contributed by atoms with van der Waals surface area (Å²) in [5, 5.41) is 0. The maximum Gasteiger partial charge on any atom is 0.276 e. The number of nitrogens with two attached hydrogens (primary N) is 2. The lowest BCUT2D eigenvalue weighted by Gasteiger charge is -2.10. The van der Waals surface area contributed by atoms with Gasteiger partial charge in [0.1, 0.15) is 0 Å². The van der Waals surface area contributed by atoms with Gasteiger partial charge in [-0.05, 0) is 12.1 Å². The third kappa shape index (κ3) is 6.67. The van der Waals surface area contributed by atoms with Crippen molar-refractivity contribution in [2.45, 2.75) is 6.42 Å². The van der Waals surface area contributed by atoms with Crippen LogP contribution in [-0.2, 0) is 14.9 Å². The van der Waals surface area contributed by atoms with Crippen LogP contribution < -0.4 is 20.9 Å². The summed E-state index contributed by atoms with van der Waals surface area (Å²) in [7, 11) is -2.10. The number of nitrogens with zero attached hydrogens (tertiary/aromatic N) is 1. The molecule has 0 aromatic heterocycles. The van der Waals surface area contributed by atoms with E-state index < -0.39 is 16.0 Å². The van der Waals surface area contributed by atoms with Crippen molar-refractivity contribution in [2.24, 2.45) is 16.5 Å². The fourth-order valence-electron chi connectivity index (χ4n) is 1.84. The van der Waals surface area contributed by atoms with Crippen LogP contribution in [0.25, 0.3) is 6.08 Å². The van der Waals surface area contributed by atoms with Crippen molar-refractivity contribution in [3.05, 3.63) is 29.3 Å². The van der Waals surface area contributed by atoms with Crippen LogP contribution in [0.4, 0.5) is 0 Å². The Morgan fingerprint density at radius 1 is 1.38 bits per heavy atom. The Morgan fingerprint density at radius 2 is 2.00 bits per heavy atom. The molecule has 0 fully saturated rings. The average molecular weight is 357 g/mol. The van der Waals surface area contributed by atoms with Crippen LogP contribution >= 0.6 is 0 Å². The van der Waals surface area contributed by atoms with Gasteiger partial charge >= 0.3 is 0 Å². The lowest BCUT2D eigenvalue weighted by molar-refractivity contribution is -0.114. The minimum atomic E-state index is -3.67. The van der Waals surface area contributed by atoms with Crippen molar-refractivity contribution in [1.82, 2.24) is 0 Å². The van der Waals surface area contributed by atoms with Crippen LogP contribution in [0.3, 0.4) is 0 Å². The highest BCUT2D eigenvalue weighted by Crippen LogP contribution is 2.34. The second-order valence-electron chi connectivity index (χ2n) is 4.72. The topological polar surface area (TPSA) is 154 Å². The summed E-state index contributed by atoms with van der Waals surface area (Å²) in [6.45, 7) is 0.366. The Morgan fingerprint density at radius 3 is 2.54 bits per heavy atom. The number of rotatable bonds is 2. The molecular formula is C14H19N3O6S. The molecule has 0 radical (unpaired) electrons. The maximum atomic E-state index is 11.8. The molecule has 1 heterocycles. The summed E-state index contributed by atoms with van der Waals surface area (Å²) in [5.74, 6) is 0.558. The molecule has 5 N–H and O–H groups in total. The molecule has 0 unspecified atom stereocenters. The first-order valence-corrected chi connectivity index (χ1v) is 8.53. The van der Waals surface area contributed by atoms with E-state index in [-0.39, 0.29) is 5.96 Å². The second kappa shape index (κ2) is 8.31. The van der Waals surface area contributed by atoms with Gasteiger partial charge in [-0.15, -0.1) is 0 Å². The molecule has 9 nitrogen and oxygen atoms in total. The van der Waals surface area contributed by atoms with Gasteiger partial charge in [-0.3, -0.25) is 9.35 Å². The van der Waals surface area contributed by atoms with Crippen LogP contribution in [0.2, 0.25) is 0 Å². The van der Waals surface area contributed by atoms with E-state index in [2.05, 4.69) is 4.99 Å². The van der Waals surface area contributed by atoms with E-state index in [1.165, 1.54) is 0 Å². The van der Waals surface area contributed by atoms with Gasteiger partial charge in [0.05, 0.1) is 20.0 Å². The van der Waals surface area contributed by atoms with E-state index in [0.717, 1.165) is 5.56 Å². The summed E-state index contributed by atoms with van der Waals surface area (Å²) in [6, 6.07) is 5.47. The predicted octanol–water partition coefficient (Wildman–Crippen LogP) is 0.165. The zero-order valence-electron chi connectivity index (χ0n) is 13.2. The van der Waals surface area contributed by atoms with Gasteiger partial charge in [0, 0.05) is 17.6 Å². The number of amides is 1. The molecule has 1 aromatic rings. The number of carbonyl (C=O) groups excluding carboxylic acids is 1. The van der Waals surface area contributed by atoms with Crippen LogP contribution in [0.15, 0.2) is 28.8 Å². The molecule has 1 aliphatic heterocycles. The van der Waals surface area contributed by atoms with Gasteiger partial charge in [0.2, 0.25) is 0 Å². The number of benzene rings is 1. The molecule has 24 heavy (non-hydrogen) atoms. The third-order valence-corrected chi connectivity index (χ3v) is 2.68. The molecule has 0 atom stereocenters. The second-order valence-corrected chi connectivity index (χ2v) is 6.19. The quantitative estimate of drug-likeness (QED) is 0.384. The van der Waals surface area contributed by atoms with E-state index in [1.54, 1.807) is 19.3 Å². The Bertz CT molecular complexity index is 759. The van der Waals surface area contributed by atoms with E-state index in [0.29, 0.717) is 36.4 Å². The van der Waals surface area contributed by atoms with Crippen LogP contribution in [-0.4, -0.2) is 44.8 Å². The summed E-state index contributed by atoms with van der Waals surface area (Å²) in [6.07, 6.45) is 2.88. The molecule has 0 saturated heterocycles. The Labute approximate surface area is 139 Å². The largest absolute Gasteiger partial charge is 0.493 e. The van der Waals surface area contributed by atoms with Crippen LogP contribution in [0.5, 0.6) is 11.5 Å². The van der Waals surface area contributed by atoms with E-state index in [9.17, 15) is 13.2 Å². The van der Waals surface area contributed by atoms with Crippen molar-refractivity contribution in [2.75, 3.05) is 20.0 Å². The SMILES string of the molecule is COc1cccc2c1OCCC(C(=O)N=C(N)N)=C2.CS(=O)(=O)O. The fourth-order valence-corrected chi connectivity index (χ4v) is 1.84. The van der Waals surface area contributed by atoms with Crippen molar-refractivity contribution >= 4 is 28.1 Å². The molecule has 0 spiro atoms. The Balaban J connectivity index is 0.000000505. The van der Waals surface area contributed by atoms with Gasteiger partial charge in [-0.1, -0.05) is 12.1 Å². The van der Waals surface area contributed by atoms with Crippen molar-refractivity contribution < 1.29 is 27.2 Å². The van der Waals surface area contributed by atoms with Crippen molar-refractivity contribution in [1.29, 1.82) is 0 Å². The number of guanidine groups is 1. The average Bonchev–Trinajstić information content (AvgIpc) is 2.66. The zero-order valence-corrected chi connectivity index (χ0v) is 14.0. The fraction of sp³-hybridized carbons (Fsp3) is 0.286. The molecule has 0 bridgehead atoms. The highest BCUT2D eigenvalue weighted by Gasteiger charge is 2.17. The van der Waals surface area contributed by atoms with Gasteiger partial charge in [-0.25, -0.2) is 0 Å². The summed E-state index contributed by atoms with van der Waals surface area (Å²) in [5.41, 5.74) is 11.7.